The van der Waals surface area contributed by atoms with E-state index < -0.39 is 0 Å². The van der Waals surface area contributed by atoms with Crippen LogP contribution in [-0.2, 0) is 6.42 Å². The zero-order valence-electron chi connectivity index (χ0n) is 12.3. The molecule has 0 bridgehead atoms. The highest BCUT2D eigenvalue weighted by molar-refractivity contribution is 6.35. The highest BCUT2D eigenvalue weighted by atomic mass is 35.5. The van der Waals surface area contributed by atoms with Gasteiger partial charge in [0.2, 0.25) is 0 Å². The molecule has 0 spiro atoms. The molecule has 0 saturated carbocycles. The summed E-state index contributed by atoms with van der Waals surface area (Å²) in [5.41, 5.74) is 5.32. The molecule has 3 heteroatoms. The molecule has 1 nitrogen and oxygen atoms in total. The lowest BCUT2D eigenvalue weighted by atomic mass is 10.0. The molecule has 0 aromatic heterocycles. The molecule has 2 unspecified atom stereocenters. The van der Waals surface area contributed by atoms with Gasteiger partial charge in [-0.1, -0.05) is 53.0 Å². The number of benzene rings is 2. The topological polar surface area (TPSA) is 12.0 Å². The third kappa shape index (κ3) is 3.11. The molecule has 1 aliphatic carbocycles. The van der Waals surface area contributed by atoms with Gasteiger partial charge in [-0.15, -0.1) is 0 Å². The molecule has 0 saturated heterocycles. The van der Waals surface area contributed by atoms with E-state index in [1.54, 1.807) is 0 Å². The van der Waals surface area contributed by atoms with Crippen molar-refractivity contribution in [3.8, 4) is 0 Å². The summed E-state index contributed by atoms with van der Waals surface area (Å²) >= 11 is 12.3. The third-order valence-corrected chi connectivity index (χ3v) is 4.82. The van der Waals surface area contributed by atoms with Gasteiger partial charge >= 0.3 is 0 Å². The fourth-order valence-corrected chi connectivity index (χ4v) is 3.71. The highest BCUT2D eigenvalue weighted by Gasteiger charge is 2.24. The molecule has 2 aromatic carbocycles. The summed E-state index contributed by atoms with van der Waals surface area (Å²) in [6.07, 6.45) is 2.29. The number of rotatable bonds is 3. The SMILES string of the molecule is Cc1ccc2c(c1)C(NC(C)c1ccc(Cl)cc1Cl)CC2. The van der Waals surface area contributed by atoms with E-state index in [1.807, 2.05) is 18.2 Å². The first-order valence-corrected chi connectivity index (χ1v) is 8.10. The Hall–Kier alpha value is -1.02. The van der Waals surface area contributed by atoms with Crippen molar-refractivity contribution in [1.29, 1.82) is 0 Å². The molecule has 0 fully saturated rings. The molecular weight excluding hydrogens is 301 g/mol. The van der Waals surface area contributed by atoms with Crippen molar-refractivity contribution >= 4 is 23.2 Å². The Morgan fingerprint density at radius 2 is 1.95 bits per heavy atom. The zero-order chi connectivity index (χ0) is 15.0. The number of fused-ring (bicyclic) bond motifs is 1. The summed E-state index contributed by atoms with van der Waals surface area (Å²) in [6, 6.07) is 13.1. The number of hydrogen-bond donors (Lipinski definition) is 1. The van der Waals surface area contributed by atoms with Gasteiger partial charge in [-0.2, -0.15) is 0 Å². The standard InChI is InChI=1S/C18H19Cl2N/c1-11-3-4-13-5-8-18(16(13)9-11)21-12(2)15-7-6-14(19)10-17(15)20/h3-4,6-7,9-10,12,18,21H,5,8H2,1-2H3. The first-order chi connectivity index (χ1) is 10.0. The first-order valence-electron chi connectivity index (χ1n) is 7.35. The van der Waals surface area contributed by atoms with Crippen LogP contribution in [0.5, 0.6) is 0 Å². The third-order valence-electron chi connectivity index (χ3n) is 4.26. The van der Waals surface area contributed by atoms with E-state index in [2.05, 4.69) is 37.4 Å². The largest absolute Gasteiger partial charge is 0.303 e. The van der Waals surface area contributed by atoms with Gasteiger partial charge < -0.3 is 5.32 Å². The Labute approximate surface area is 136 Å². The average Bonchev–Trinajstić information content (AvgIpc) is 2.81. The van der Waals surface area contributed by atoms with Crippen molar-refractivity contribution in [1.82, 2.24) is 5.32 Å². The van der Waals surface area contributed by atoms with Crippen molar-refractivity contribution in [2.45, 2.75) is 38.8 Å². The minimum atomic E-state index is 0.200. The van der Waals surface area contributed by atoms with Crippen LogP contribution in [0.2, 0.25) is 10.0 Å². The van der Waals surface area contributed by atoms with Gasteiger partial charge in [-0.25, -0.2) is 0 Å². The smallest absolute Gasteiger partial charge is 0.0468 e. The van der Waals surface area contributed by atoms with Crippen molar-refractivity contribution < 1.29 is 0 Å². The fourth-order valence-electron chi connectivity index (χ4n) is 3.14. The Morgan fingerprint density at radius 1 is 1.14 bits per heavy atom. The Kier molecular flexibility index (Phi) is 4.26. The summed E-state index contributed by atoms with van der Waals surface area (Å²) in [6.45, 7) is 4.30. The summed E-state index contributed by atoms with van der Waals surface area (Å²) in [5, 5.41) is 5.12. The van der Waals surface area contributed by atoms with Crippen LogP contribution in [0.1, 0.15) is 47.7 Å². The van der Waals surface area contributed by atoms with Crippen molar-refractivity contribution in [3.05, 3.63) is 68.7 Å². The van der Waals surface area contributed by atoms with Gasteiger partial charge in [0.25, 0.3) is 0 Å². The van der Waals surface area contributed by atoms with Crippen LogP contribution in [-0.4, -0.2) is 0 Å². The lowest BCUT2D eigenvalue weighted by molar-refractivity contribution is 0.465. The molecule has 1 aliphatic rings. The van der Waals surface area contributed by atoms with Crippen molar-refractivity contribution in [2.24, 2.45) is 0 Å². The Bertz CT molecular complexity index is 666. The summed E-state index contributed by atoms with van der Waals surface area (Å²) in [4.78, 5) is 0. The average molecular weight is 320 g/mol. The predicted octanol–water partition coefficient (Wildman–Crippen LogP) is 5.64. The van der Waals surface area contributed by atoms with Crippen molar-refractivity contribution in [2.75, 3.05) is 0 Å². The lowest BCUT2D eigenvalue weighted by Crippen LogP contribution is -2.23. The molecule has 2 atom stereocenters. The Balaban J connectivity index is 1.80. The van der Waals surface area contributed by atoms with Crippen LogP contribution in [0.4, 0.5) is 0 Å². The molecule has 0 heterocycles. The maximum Gasteiger partial charge on any atom is 0.0468 e. The molecule has 0 radical (unpaired) electrons. The van der Waals surface area contributed by atoms with Gasteiger partial charge in [0.1, 0.15) is 0 Å². The van der Waals surface area contributed by atoms with Gasteiger partial charge in [0.15, 0.2) is 0 Å². The Morgan fingerprint density at radius 3 is 2.71 bits per heavy atom. The minimum absolute atomic E-state index is 0.200. The molecule has 21 heavy (non-hydrogen) atoms. The molecule has 1 N–H and O–H groups in total. The molecule has 2 aromatic rings. The van der Waals surface area contributed by atoms with E-state index in [0.29, 0.717) is 11.1 Å². The molecule has 110 valence electrons. The number of aryl methyl sites for hydroxylation is 2. The number of nitrogens with one attached hydrogen (secondary N) is 1. The van der Waals surface area contributed by atoms with E-state index in [-0.39, 0.29) is 6.04 Å². The van der Waals surface area contributed by atoms with Crippen LogP contribution in [0.25, 0.3) is 0 Å². The molecular formula is C18H19Cl2N. The van der Waals surface area contributed by atoms with Crippen LogP contribution < -0.4 is 5.32 Å². The van der Waals surface area contributed by atoms with E-state index in [9.17, 15) is 0 Å². The lowest BCUT2D eigenvalue weighted by Gasteiger charge is -2.22. The maximum atomic E-state index is 6.31. The van der Waals surface area contributed by atoms with Gasteiger partial charge in [0, 0.05) is 22.1 Å². The first kappa shape index (κ1) is 14.9. The van der Waals surface area contributed by atoms with E-state index in [1.165, 1.54) is 16.7 Å². The second-order valence-electron chi connectivity index (χ2n) is 5.85. The second kappa shape index (κ2) is 6.00. The minimum Gasteiger partial charge on any atom is -0.303 e. The summed E-state index contributed by atoms with van der Waals surface area (Å²) in [7, 11) is 0. The van der Waals surface area contributed by atoms with Gasteiger partial charge in [0.05, 0.1) is 0 Å². The summed E-state index contributed by atoms with van der Waals surface area (Å²) in [5.74, 6) is 0. The van der Waals surface area contributed by atoms with Gasteiger partial charge in [-0.3, -0.25) is 0 Å². The van der Waals surface area contributed by atoms with Crippen LogP contribution in [0.3, 0.4) is 0 Å². The van der Waals surface area contributed by atoms with E-state index in [0.717, 1.165) is 23.4 Å². The molecule has 0 aliphatic heterocycles. The fraction of sp³-hybridized carbons (Fsp3) is 0.333. The molecule has 0 amide bonds. The second-order valence-corrected chi connectivity index (χ2v) is 6.69. The summed E-state index contributed by atoms with van der Waals surface area (Å²) < 4.78 is 0. The van der Waals surface area contributed by atoms with Crippen LogP contribution in [0.15, 0.2) is 36.4 Å². The number of halogens is 2. The maximum absolute atomic E-state index is 6.31. The number of hydrogen-bond acceptors (Lipinski definition) is 1. The van der Waals surface area contributed by atoms with Gasteiger partial charge in [-0.05, 0) is 55.5 Å². The van der Waals surface area contributed by atoms with E-state index in [4.69, 9.17) is 23.2 Å². The van der Waals surface area contributed by atoms with E-state index >= 15 is 0 Å². The van der Waals surface area contributed by atoms with Crippen LogP contribution >= 0.6 is 23.2 Å². The monoisotopic (exact) mass is 319 g/mol. The molecule has 3 rings (SSSR count). The predicted molar refractivity (Wildman–Crippen MR) is 90.3 cm³/mol. The normalized spacial score (nSPS) is 18.6. The highest BCUT2D eigenvalue weighted by Crippen LogP contribution is 2.35. The van der Waals surface area contributed by atoms with Crippen LogP contribution in [0, 0.1) is 6.92 Å². The van der Waals surface area contributed by atoms with Crippen molar-refractivity contribution in [3.63, 3.8) is 0 Å². The quantitative estimate of drug-likeness (QED) is 0.771. The zero-order valence-corrected chi connectivity index (χ0v) is 13.8.